The third-order valence-corrected chi connectivity index (χ3v) is 4.89. The maximum Gasteiger partial charge on any atom is 0.223 e. The van der Waals surface area contributed by atoms with Gasteiger partial charge in [-0.2, -0.15) is 4.52 Å². The van der Waals surface area contributed by atoms with Crippen LogP contribution in [0.15, 0.2) is 48.7 Å². The van der Waals surface area contributed by atoms with E-state index < -0.39 is 0 Å². The summed E-state index contributed by atoms with van der Waals surface area (Å²) < 4.78 is 2.47. The second-order valence-corrected chi connectivity index (χ2v) is 6.92. The highest BCUT2D eigenvalue weighted by Crippen LogP contribution is 2.27. The summed E-state index contributed by atoms with van der Waals surface area (Å²) >= 11 is 8.11. The van der Waals surface area contributed by atoms with E-state index in [4.69, 9.17) is 17.3 Å². The predicted octanol–water partition coefficient (Wildman–Crippen LogP) is 3.62. The largest absolute Gasteiger partial charge is 0.368 e. The quantitative estimate of drug-likeness (QED) is 0.470. The molecule has 8 heteroatoms. The maximum absolute atomic E-state index is 6.10. The molecule has 4 rings (SSSR count). The number of nitrogen functional groups attached to an aromatic ring is 1. The molecule has 0 spiro atoms. The number of hydrogen-bond acceptors (Lipinski definition) is 5. The third kappa shape index (κ3) is 3.16. The highest BCUT2D eigenvalue weighted by Gasteiger charge is 2.16. The Bertz CT molecular complexity index is 1050. The van der Waals surface area contributed by atoms with Crippen LogP contribution in [-0.2, 0) is 6.42 Å². The van der Waals surface area contributed by atoms with Gasteiger partial charge in [0.25, 0.3) is 0 Å². The Kier molecular flexibility index (Phi) is 4.26. The van der Waals surface area contributed by atoms with Crippen LogP contribution in [0.3, 0.4) is 0 Å². The molecule has 0 fully saturated rings. The van der Waals surface area contributed by atoms with Crippen LogP contribution in [0.4, 0.5) is 5.95 Å². The van der Waals surface area contributed by atoms with Crippen LogP contribution in [-0.4, -0.2) is 24.6 Å². The number of nitrogens with two attached hydrogens (primary N) is 1. The van der Waals surface area contributed by atoms with Crippen molar-refractivity contribution in [2.75, 3.05) is 5.73 Å². The lowest BCUT2D eigenvalue weighted by molar-refractivity contribution is 0.878. The van der Waals surface area contributed by atoms with Crippen LogP contribution >= 0.6 is 34.2 Å². The Labute approximate surface area is 162 Å². The molecule has 0 atom stereocenters. The van der Waals surface area contributed by atoms with Gasteiger partial charge in [0.1, 0.15) is 0 Å². The first-order chi connectivity index (χ1) is 12.1. The average molecular weight is 463 g/mol. The molecular weight excluding hydrogens is 451 g/mol. The molecule has 2 N–H and O–H groups in total. The first kappa shape index (κ1) is 16.2. The number of aromatic nitrogens is 5. The van der Waals surface area contributed by atoms with Crippen molar-refractivity contribution < 1.29 is 0 Å². The molecule has 0 radical (unpaired) electrons. The SMILES string of the molecule is Nc1nc(-c2ccccc2)c(I)c2nc(Cc3ccc(Cl)cn3)nn12. The summed E-state index contributed by atoms with van der Waals surface area (Å²) in [6.45, 7) is 0. The first-order valence-corrected chi connectivity index (χ1v) is 8.94. The molecule has 3 heterocycles. The van der Waals surface area contributed by atoms with E-state index in [2.05, 4.69) is 42.6 Å². The minimum Gasteiger partial charge on any atom is -0.368 e. The normalized spacial score (nSPS) is 11.1. The maximum atomic E-state index is 6.10. The number of benzene rings is 1. The lowest BCUT2D eigenvalue weighted by Crippen LogP contribution is -2.05. The summed E-state index contributed by atoms with van der Waals surface area (Å²) in [5, 5.41) is 5.07. The molecule has 6 nitrogen and oxygen atoms in total. The number of rotatable bonds is 3. The van der Waals surface area contributed by atoms with Crippen molar-refractivity contribution in [1.29, 1.82) is 0 Å². The van der Waals surface area contributed by atoms with E-state index in [-0.39, 0.29) is 0 Å². The second kappa shape index (κ2) is 6.57. The van der Waals surface area contributed by atoms with Gasteiger partial charge in [-0.1, -0.05) is 41.9 Å². The molecule has 124 valence electrons. The van der Waals surface area contributed by atoms with Gasteiger partial charge < -0.3 is 5.73 Å². The molecule has 4 aromatic rings. The van der Waals surface area contributed by atoms with Crippen LogP contribution in [0.1, 0.15) is 11.5 Å². The molecule has 25 heavy (non-hydrogen) atoms. The smallest absolute Gasteiger partial charge is 0.223 e. The van der Waals surface area contributed by atoms with Crippen LogP contribution < -0.4 is 5.73 Å². The number of halogens is 2. The standard InChI is InChI=1S/C17H12ClIN6/c18-11-6-7-12(21-9-11)8-13-22-16-14(19)15(10-4-2-1-3-5-10)23-17(20)25(16)24-13/h1-7,9H,8H2,(H2,20,23). The van der Waals surface area contributed by atoms with Crippen molar-refractivity contribution in [3.63, 3.8) is 0 Å². The van der Waals surface area contributed by atoms with Gasteiger partial charge in [0.2, 0.25) is 5.95 Å². The van der Waals surface area contributed by atoms with Gasteiger partial charge in [-0.15, -0.1) is 5.10 Å². The van der Waals surface area contributed by atoms with E-state index in [0.29, 0.717) is 28.9 Å². The van der Waals surface area contributed by atoms with Crippen molar-refractivity contribution in [3.05, 3.63) is 68.8 Å². The molecule has 3 aromatic heterocycles. The molecule has 0 aliphatic rings. The van der Waals surface area contributed by atoms with Crippen LogP contribution in [0.25, 0.3) is 16.9 Å². The fraction of sp³-hybridized carbons (Fsp3) is 0.0588. The van der Waals surface area contributed by atoms with Gasteiger partial charge >= 0.3 is 0 Å². The van der Waals surface area contributed by atoms with E-state index in [1.165, 1.54) is 0 Å². The minimum atomic E-state index is 0.303. The summed E-state index contributed by atoms with van der Waals surface area (Å²) in [7, 11) is 0. The first-order valence-electron chi connectivity index (χ1n) is 7.48. The zero-order valence-electron chi connectivity index (χ0n) is 12.9. The summed E-state index contributed by atoms with van der Waals surface area (Å²) in [5.41, 5.74) is 9.42. The van der Waals surface area contributed by atoms with E-state index in [9.17, 15) is 0 Å². The van der Waals surface area contributed by atoms with Gasteiger partial charge in [-0.25, -0.2) is 9.97 Å². The molecule has 0 amide bonds. The topological polar surface area (TPSA) is 82.0 Å². The molecule has 0 saturated carbocycles. The van der Waals surface area contributed by atoms with Crippen molar-refractivity contribution >= 4 is 45.8 Å². The Balaban J connectivity index is 1.79. The Morgan fingerprint density at radius 1 is 1.08 bits per heavy atom. The predicted molar refractivity (Wildman–Crippen MR) is 105 cm³/mol. The highest BCUT2D eigenvalue weighted by atomic mass is 127. The van der Waals surface area contributed by atoms with E-state index in [1.807, 2.05) is 36.4 Å². The van der Waals surface area contributed by atoms with Crippen LogP contribution in [0, 0.1) is 3.57 Å². The average Bonchev–Trinajstić information content (AvgIpc) is 3.06. The number of nitrogens with zero attached hydrogens (tertiary/aromatic N) is 5. The van der Waals surface area contributed by atoms with Crippen molar-refractivity contribution in [3.8, 4) is 11.3 Å². The van der Waals surface area contributed by atoms with E-state index >= 15 is 0 Å². The fourth-order valence-electron chi connectivity index (χ4n) is 2.51. The summed E-state index contributed by atoms with van der Waals surface area (Å²) in [6, 6.07) is 13.5. The van der Waals surface area contributed by atoms with Gasteiger partial charge in [0.05, 0.1) is 20.7 Å². The third-order valence-electron chi connectivity index (χ3n) is 3.67. The number of hydrogen-bond donors (Lipinski definition) is 1. The Morgan fingerprint density at radius 2 is 1.88 bits per heavy atom. The fourth-order valence-corrected chi connectivity index (χ4v) is 3.40. The minimum absolute atomic E-state index is 0.303. The molecule has 0 aliphatic carbocycles. The highest BCUT2D eigenvalue weighted by molar-refractivity contribution is 14.1. The second-order valence-electron chi connectivity index (χ2n) is 5.41. The lowest BCUT2D eigenvalue weighted by Gasteiger charge is -2.06. The molecule has 1 aromatic carbocycles. The molecular formula is C17H12ClIN6. The van der Waals surface area contributed by atoms with Crippen molar-refractivity contribution in [1.82, 2.24) is 24.6 Å². The summed E-state index contributed by atoms with van der Waals surface area (Å²) in [6.07, 6.45) is 2.11. The molecule has 0 unspecified atom stereocenters. The van der Waals surface area contributed by atoms with E-state index in [1.54, 1.807) is 16.8 Å². The Morgan fingerprint density at radius 3 is 2.60 bits per heavy atom. The molecule has 0 bridgehead atoms. The van der Waals surface area contributed by atoms with Crippen LogP contribution in [0.2, 0.25) is 5.02 Å². The number of anilines is 1. The van der Waals surface area contributed by atoms with Gasteiger partial charge in [0, 0.05) is 17.5 Å². The zero-order chi connectivity index (χ0) is 17.4. The lowest BCUT2D eigenvalue weighted by atomic mass is 10.1. The summed E-state index contributed by atoms with van der Waals surface area (Å²) in [5.74, 6) is 0.934. The van der Waals surface area contributed by atoms with Gasteiger partial charge in [0.15, 0.2) is 11.5 Å². The summed E-state index contributed by atoms with van der Waals surface area (Å²) in [4.78, 5) is 13.4. The van der Waals surface area contributed by atoms with Crippen molar-refractivity contribution in [2.24, 2.45) is 0 Å². The zero-order valence-corrected chi connectivity index (χ0v) is 15.8. The molecule has 0 saturated heterocycles. The number of pyridine rings is 1. The van der Waals surface area contributed by atoms with E-state index in [0.717, 1.165) is 20.5 Å². The number of fused-ring (bicyclic) bond motifs is 1. The molecule has 0 aliphatic heterocycles. The van der Waals surface area contributed by atoms with Crippen LogP contribution in [0.5, 0.6) is 0 Å². The van der Waals surface area contributed by atoms with Gasteiger partial charge in [-0.3, -0.25) is 4.98 Å². The van der Waals surface area contributed by atoms with Crippen molar-refractivity contribution in [2.45, 2.75) is 6.42 Å². The Hall–Kier alpha value is -2.26. The monoisotopic (exact) mass is 462 g/mol. The van der Waals surface area contributed by atoms with Gasteiger partial charge in [-0.05, 0) is 34.7 Å².